The maximum Gasteiger partial charge on any atom is 0.229 e. The molecule has 1 aliphatic heterocycles. The molecule has 0 aromatic heterocycles. The lowest BCUT2D eigenvalue weighted by Crippen LogP contribution is -2.39. The van der Waals surface area contributed by atoms with Gasteiger partial charge in [0.15, 0.2) is 5.37 Å². The average Bonchev–Trinajstić information content (AvgIpc) is 2.64. The number of nitrogens with zero attached hydrogens (tertiary/aromatic N) is 1. The van der Waals surface area contributed by atoms with Gasteiger partial charge in [-0.1, -0.05) is 36.4 Å². The number of benzene rings is 2. The quantitative estimate of drug-likeness (QED) is 0.767. The van der Waals surface area contributed by atoms with Gasteiger partial charge in [-0.05, 0) is 42.7 Å². The predicted octanol–water partition coefficient (Wildman–Crippen LogP) is 3.44. The molecule has 2 aromatic carbocycles. The number of sulfonamides is 1. The van der Waals surface area contributed by atoms with Crippen LogP contribution in [0, 0.1) is 5.82 Å². The zero-order valence-corrected chi connectivity index (χ0v) is 16.0. The van der Waals surface area contributed by atoms with Gasteiger partial charge in [0, 0.05) is 18.7 Å². The van der Waals surface area contributed by atoms with E-state index in [1.165, 1.54) is 12.1 Å². The van der Waals surface area contributed by atoms with Gasteiger partial charge in [0.2, 0.25) is 10.0 Å². The van der Waals surface area contributed by atoms with Crippen LogP contribution >= 0.6 is 0 Å². The number of ether oxygens (including phenoxy) is 1. The zero-order valence-electron chi connectivity index (χ0n) is 15.1. The van der Waals surface area contributed by atoms with Gasteiger partial charge in [-0.2, -0.15) is 0 Å². The lowest BCUT2D eigenvalue weighted by Gasteiger charge is -2.32. The molecule has 0 spiro atoms. The molecular weight excluding hydrogens is 367 g/mol. The first-order valence-corrected chi connectivity index (χ1v) is 10.4. The van der Waals surface area contributed by atoms with E-state index in [0.717, 1.165) is 17.5 Å². The highest BCUT2D eigenvalue weighted by Crippen LogP contribution is 2.36. The highest BCUT2D eigenvalue weighted by molar-refractivity contribution is 7.89. The highest BCUT2D eigenvalue weighted by atomic mass is 32.2. The van der Waals surface area contributed by atoms with Gasteiger partial charge in [0.25, 0.3) is 0 Å². The summed E-state index contributed by atoms with van der Waals surface area (Å²) in [5, 5.41) is 4.60. The first kappa shape index (κ1) is 19.5. The van der Waals surface area contributed by atoms with Gasteiger partial charge in [-0.15, -0.1) is 0 Å². The minimum Gasteiger partial charge on any atom is -0.493 e. The van der Waals surface area contributed by atoms with E-state index in [2.05, 4.69) is 0 Å². The maximum atomic E-state index is 13.2. The van der Waals surface area contributed by atoms with E-state index < -0.39 is 15.4 Å². The van der Waals surface area contributed by atoms with Crippen molar-refractivity contribution in [2.45, 2.75) is 18.7 Å². The van der Waals surface area contributed by atoms with E-state index in [-0.39, 0.29) is 5.82 Å². The summed E-state index contributed by atoms with van der Waals surface area (Å²) in [6.45, 7) is 3.33. The molecule has 0 amide bonds. The Morgan fingerprint density at radius 2 is 1.85 bits per heavy atom. The molecule has 0 fully saturated rings. The summed E-state index contributed by atoms with van der Waals surface area (Å²) in [6, 6.07) is 11.4. The summed E-state index contributed by atoms with van der Waals surface area (Å²) < 4.78 is 43.7. The molecule has 0 aliphatic carbocycles. The lowest BCUT2D eigenvalue weighted by atomic mass is 10.0. The Kier molecular flexibility index (Phi) is 5.94. The van der Waals surface area contributed by atoms with Crippen LogP contribution in [0.5, 0.6) is 5.75 Å². The second-order valence-corrected chi connectivity index (χ2v) is 8.01. The van der Waals surface area contributed by atoms with Crippen molar-refractivity contribution in [2.75, 3.05) is 19.7 Å². The Morgan fingerprint density at radius 3 is 2.44 bits per heavy atom. The Balaban J connectivity index is 2.06. The molecule has 7 heteroatoms. The summed E-state index contributed by atoms with van der Waals surface area (Å²) >= 11 is 0. The monoisotopic (exact) mass is 390 g/mol. The van der Waals surface area contributed by atoms with Gasteiger partial charge in [-0.25, -0.2) is 17.9 Å². The fourth-order valence-corrected chi connectivity index (χ4v) is 4.45. The van der Waals surface area contributed by atoms with Crippen molar-refractivity contribution in [1.82, 2.24) is 4.90 Å². The van der Waals surface area contributed by atoms with Gasteiger partial charge in [0.1, 0.15) is 11.6 Å². The zero-order chi connectivity index (χ0) is 19.4. The molecule has 3 rings (SSSR count). The Morgan fingerprint density at radius 1 is 1.15 bits per heavy atom. The van der Waals surface area contributed by atoms with Gasteiger partial charge < -0.3 is 4.74 Å². The largest absolute Gasteiger partial charge is 0.493 e. The first-order valence-electron chi connectivity index (χ1n) is 8.83. The van der Waals surface area contributed by atoms with Crippen LogP contribution in [0.1, 0.15) is 24.3 Å². The van der Waals surface area contributed by atoms with Crippen molar-refractivity contribution in [3.05, 3.63) is 66.0 Å². The molecule has 1 unspecified atom stereocenters. The van der Waals surface area contributed by atoms with Crippen LogP contribution in [-0.2, 0) is 10.0 Å². The van der Waals surface area contributed by atoms with Crippen LogP contribution in [-0.4, -0.2) is 33.0 Å². The molecule has 1 atom stereocenters. The summed E-state index contributed by atoms with van der Waals surface area (Å²) in [4.78, 5) is 1.82. The van der Waals surface area contributed by atoms with Crippen LogP contribution in [0.15, 0.2) is 54.6 Å². The third kappa shape index (κ3) is 4.55. The molecule has 0 bridgehead atoms. The normalized spacial score (nSPS) is 16.3. The fourth-order valence-electron chi connectivity index (χ4n) is 3.29. The van der Waals surface area contributed by atoms with Crippen molar-refractivity contribution in [3.8, 4) is 16.9 Å². The predicted molar refractivity (Wildman–Crippen MR) is 104 cm³/mol. The second-order valence-electron chi connectivity index (χ2n) is 6.39. The van der Waals surface area contributed by atoms with Crippen molar-refractivity contribution in [2.24, 2.45) is 5.14 Å². The summed E-state index contributed by atoms with van der Waals surface area (Å²) in [7, 11) is -3.88. The van der Waals surface area contributed by atoms with E-state index in [9.17, 15) is 12.8 Å². The van der Waals surface area contributed by atoms with E-state index in [1.54, 1.807) is 24.3 Å². The minimum absolute atomic E-state index is 0.312. The van der Waals surface area contributed by atoms with Crippen LogP contribution in [0.2, 0.25) is 0 Å². The number of hydrogen-bond donors (Lipinski definition) is 1. The van der Waals surface area contributed by atoms with Crippen molar-refractivity contribution < 1.29 is 17.5 Å². The molecule has 0 saturated carbocycles. The Bertz CT molecular complexity index is 927. The molecule has 2 aromatic rings. The molecule has 144 valence electrons. The molecule has 1 aliphatic rings. The van der Waals surface area contributed by atoms with Gasteiger partial charge in [-0.3, -0.25) is 4.90 Å². The molecule has 0 saturated heterocycles. The lowest BCUT2D eigenvalue weighted by molar-refractivity contribution is 0.261. The topological polar surface area (TPSA) is 72.6 Å². The molecular formula is C20H23FN2O3S. The maximum absolute atomic E-state index is 13.2. The summed E-state index contributed by atoms with van der Waals surface area (Å²) in [5.74, 6) is 0.153. The second kappa shape index (κ2) is 8.21. The van der Waals surface area contributed by atoms with Crippen molar-refractivity contribution >= 4 is 10.0 Å². The minimum atomic E-state index is -3.88. The number of nitrogens with two attached hydrogens (primary N) is 1. The smallest absolute Gasteiger partial charge is 0.229 e. The third-order valence-electron chi connectivity index (χ3n) is 4.49. The molecule has 0 radical (unpaired) electrons. The van der Waals surface area contributed by atoms with Crippen molar-refractivity contribution in [1.29, 1.82) is 0 Å². The molecule has 2 N–H and O–H groups in total. The summed E-state index contributed by atoms with van der Waals surface area (Å²) in [6.07, 6.45) is 4.73. The van der Waals surface area contributed by atoms with Crippen LogP contribution < -0.4 is 9.88 Å². The fraction of sp³-hybridized carbons (Fsp3) is 0.300. The third-order valence-corrected chi connectivity index (χ3v) is 5.66. The van der Waals surface area contributed by atoms with Crippen molar-refractivity contribution in [3.63, 3.8) is 0 Å². The Labute approximate surface area is 159 Å². The number of hydrogen-bond acceptors (Lipinski definition) is 4. The number of halogens is 1. The molecule has 27 heavy (non-hydrogen) atoms. The first-order chi connectivity index (χ1) is 12.9. The van der Waals surface area contributed by atoms with E-state index >= 15 is 0 Å². The van der Waals surface area contributed by atoms with Crippen LogP contribution in [0.25, 0.3) is 11.1 Å². The average molecular weight is 390 g/mol. The molecule has 5 nitrogen and oxygen atoms in total. The van der Waals surface area contributed by atoms with Crippen LogP contribution in [0.3, 0.4) is 0 Å². The van der Waals surface area contributed by atoms with Crippen LogP contribution in [0.4, 0.5) is 4.39 Å². The summed E-state index contributed by atoms with van der Waals surface area (Å²) in [5.41, 5.74) is 2.14. The SMILES string of the molecule is CCOc1cc(-c2ccc(F)cc2)ccc1C(N1CC=CCC1)S(N)(=O)=O. The van der Waals surface area contributed by atoms with E-state index in [4.69, 9.17) is 9.88 Å². The van der Waals surface area contributed by atoms with Gasteiger partial charge in [0.05, 0.1) is 6.61 Å². The van der Waals surface area contributed by atoms with E-state index in [0.29, 0.717) is 31.0 Å². The molecule has 1 heterocycles. The number of rotatable bonds is 6. The Hall–Kier alpha value is -2.22. The van der Waals surface area contributed by atoms with E-state index in [1.807, 2.05) is 30.0 Å². The standard InChI is InChI=1S/C20H23FN2O3S/c1-2-26-19-14-16(15-6-9-17(21)10-7-15)8-11-18(19)20(27(22,24)25)23-12-4-3-5-13-23/h3-4,6-11,14,20H,2,5,12-13H2,1H3,(H2,22,24,25). The highest BCUT2D eigenvalue weighted by Gasteiger charge is 2.33. The van der Waals surface area contributed by atoms with Gasteiger partial charge >= 0.3 is 0 Å². The number of primary sulfonamides is 1.